The Morgan fingerprint density at radius 3 is 2.96 bits per heavy atom. The first kappa shape index (κ1) is 16.1. The second kappa shape index (κ2) is 5.83. The lowest BCUT2D eigenvalue weighted by atomic mass is 9.99. The molecule has 5 nitrogen and oxygen atoms in total. The van der Waals surface area contributed by atoms with Gasteiger partial charge in [0, 0.05) is 6.20 Å². The Kier molecular flexibility index (Phi) is 3.90. The summed E-state index contributed by atoms with van der Waals surface area (Å²) in [6.45, 7) is 7.82. The minimum absolute atomic E-state index is 0.0270. The van der Waals surface area contributed by atoms with Gasteiger partial charge in [-0.3, -0.25) is 0 Å². The number of aromatic nitrogens is 3. The second-order valence-corrected chi connectivity index (χ2v) is 7.48. The van der Waals surface area contributed by atoms with Crippen molar-refractivity contribution < 1.29 is 9.47 Å². The van der Waals surface area contributed by atoms with E-state index in [1.807, 2.05) is 32.2 Å². The minimum Gasteiger partial charge on any atom is -0.344 e. The van der Waals surface area contributed by atoms with Gasteiger partial charge in [-0.25, -0.2) is 9.97 Å². The van der Waals surface area contributed by atoms with Crippen LogP contribution in [0.15, 0.2) is 31.2 Å². The molecule has 0 radical (unpaired) electrons. The fourth-order valence-electron chi connectivity index (χ4n) is 4.15. The summed E-state index contributed by atoms with van der Waals surface area (Å²) in [5, 5.41) is 1.36. The molecule has 6 heteroatoms. The molecular weight excluding hydrogens is 326 g/mol. The van der Waals surface area contributed by atoms with Crippen LogP contribution in [0.3, 0.4) is 0 Å². The molecule has 0 aromatic carbocycles. The Balaban J connectivity index is 1.71. The number of rotatable bonds is 4. The first-order chi connectivity index (χ1) is 11.5. The molecule has 4 atom stereocenters. The van der Waals surface area contributed by atoms with Gasteiger partial charge in [0.15, 0.2) is 5.79 Å². The lowest BCUT2D eigenvalue weighted by Gasteiger charge is -2.24. The Labute approximate surface area is 146 Å². The van der Waals surface area contributed by atoms with Crippen molar-refractivity contribution in [2.24, 2.45) is 5.92 Å². The number of hydrogen-bond acceptors (Lipinski definition) is 4. The number of halogens is 1. The molecule has 128 valence electrons. The molecule has 2 aromatic heterocycles. The predicted molar refractivity (Wildman–Crippen MR) is 92.9 cm³/mol. The normalized spacial score (nSPS) is 31.5. The van der Waals surface area contributed by atoms with E-state index in [9.17, 15) is 0 Å². The van der Waals surface area contributed by atoms with Gasteiger partial charge in [-0.15, -0.1) is 6.58 Å². The number of nitrogens with zero attached hydrogens (tertiary/aromatic N) is 3. The highest BCUT2D eigenvalue weighted by Gasteiger charge is 2.54. The lowest BCUT2D eigenvalue weighted by Crippen LogP contribution is -2.27. The van der Waals surface area contributed by atoms with E-state index in [-0.39, 0.29) is 18.2 Å². The van der Waals surface area contributed by atoms with Crippen molar-refractivity contribution in [3.8, 4) is 0 Å². The van der Waals surface area contributed by atoms with Crippen LogP contribution in [0.5, 0.6) is 0 Å². The van der Waals surface area contributed by atoms with Crippen LogP contribution in [-0.2, 0) is 9.47 Å². The van der Waals surface area contributed by atoms with Gasteiger partial charge in [0.05, 0.1) is 17.5 Å². The molecule has 0 N–H and O–H groups in total. The van der Waals surface area contributed by atoms with Crippen molar-refractivity contribution in [1.29, 1.82) is 0 Å². The third kappa shape index (κ3) is 2.55. The molecular formula is C18H22ClN3O2. The molecule has 2 aromatic rings. The van der Waals surface area contributed by atoms with Crippen molar-refractivity contribution in [3.63, 3.8) is 0 Å². The van der Waals surface area contributed by atoms with Gasteiger partial charge in [-0.05, 0) is 45.1 Å². The van der Waals surface area contributed by atoms with Crippen LogP contribution in [0.2, 0.25) is 5.15 Å². The molecule has 3 heterocycles. The van der Waals surface area contributed by atoms with Crippen LogP contribution in [-0.4, -0.2) is 32.5 Å². The average molecular weight is 348 g/mol. The van der Waals surface area contributed by atoms with Crippen LogP contribution in [0.1, 0.15) is 39.2 Å². The second-order valence-electron chi connectivity index (χ2n) is 7.12. The quantitative estimate of drug-likeness (QED) is 0.616. The highest BCUT2D eigenvalue weighted by atomic mass is 35.5. The Bertz CT molecular complexity index is 773. The van der Waals surface area contributed by atoms with E-state index in [0.717, 1.165) is 30.3 Å². The van der Waals surface area contributed by atoms with E-state index < -0.39 is 5.79 Å². The zero-order valence-corrected chi connectivity index (χ0v) is 14.7. The summed E-state index contributed by atoms with van der Waals surface area (Å²) in [5.41, 5.74) is 0.858. The molecule has 1 aliphatic carbocycles. The van der Waals surface area contributed by atoms with Crippen molar-refractivity contribution in [2.75, 3.05) is 0 Å². The van der Waals surface area contributed by atoms with Crippen molar-refractivity contribution in [3.05, 3.63) is 36.4 Å². The molecule has 0 unspecified atom stereocenters. The van der Waals surface area contributed by atoms with Gasteiger partial charge in [0.25, 0.3) is 0 Å². The molecule has 0 amide bonds. The van der Waals surface area contributed by atoms with Crippen LogP contribution in [0.25, 0.3) is 11.0 Å². The average Bonchev–Trinajstić information content (AvgIpc) is 3.17. The maximum Gasteiger partial charge on any atom is 0.163 e. The molecule has 0 bridgehead atoms. The van der Waals surface area contributed by atoms with Crippen molar-refractivity contribution >= 4 is 22.6 Å². The Morgan fingerprint density at radius 2 is 2.17 bits per heavy atom. The summed E-state index contributed by atoms with van der Waals surface area (Å²) in [6.07, 6.45) is 8.72. The fraction of sp³-hybridized carbons (Fsp3) is 0.556. The largest absolute Gasteiger partial charge is 0.344 e. The van der Waals surface area contributed by atoms with Crippen molar-refractivity contribution in [2.45, 2.75) is 57.1 Å². The molecule has 1 saturated carbocycles. The highest BCUT2D eigenvalue weighted by Crippen LogP contribution is 2.49. The Hall–Kier alpha value is -1.43. The first-order valence-electron chi connectivity index (χ1n) is 8.44. The van der Waals surface area contributed by atoms with Gasteiger partial charge in [0.2, 0.25) is 0 Å². The summed E-state index contributed by atoms with van der Waals surface area (Å²) in [5.74, 6) is -0.0923. The maximum absolute atomic E-state index is 6.25. The fourth-order valence-corrected chi connectivity index (χ4v) is 4.34. The molecule has 0 spiro atoms. The van der Waals surface area contributed by atoms with Crippen LogP contribution in [0.4, 0.5) is 0 Å². The Morgan fingerprint density at radius 1 is 1.38 bits per heavy atom. The molecule has 1 aliphatic heterocycles. The van der Waals surface area contributed by atoms with E-state index in [0.29, 0.717) is 11.1 Å². The molecule has 24 heavy (non-hydrogen) atoms. The highest BCUT2D eigenvalue weighted by molar-refractivity contribution is 6.33. The van der Waals surface area contributed by atoms with Gasteiger partial charge in [-0.1, -0.05) is 17.7 Å². The van der Waals surface area contributed by atoms with Gasteiger partial charge in [0.1, 0.15) is 23.2 Å². The number of ether oxygens (including phenoxy) is 2. The van der Waals surface area contributed by atoms with Gasteiger partial charge >= 0.3 is 0 Å². The van der Waals surface area contributed by atoms with Crippen LogP contribution < -0.4 is 0 Å². The molecule has 4 rings (SSSR count). The van der Waals surface area contributed by atoms with E-state index in [2.05, 4.69) is 21.1 Å². The number of allylic oxidation sites excluding steroid dienone is 1. The van der Waals surface area contributed by atoms with Gasteiger partial charge < -0.3 is 14.0 Å². The van der Waals surface area contributed by atoms with E-state index >= 15 is 0 Å². The third-order valence-electron chi connectivity index (χ3n) is 5.11. The summed E-state index contributed by atoms with van der Waals surface area (Å²) in [7, 11) is 0. The molecule has 1 saturated heterocycles. The zero-order chi connectivity index (χ0) is 16.9. The summed E-state index contributed by atoms with van der Waals surface area (Å²) >= 11 is 6.20. The smallest absolute Gasteiger partial charge is 0.163 e. The van der Waals surface area contributed by atoms with E-state index in [4.69, 9.17) is 21.1 Å². The van der Waals surface area contributed by atoms with Gasteiger partial charge in [-0.2, -0.15) is 0 Å². The monoisotopic (exact) mass is 347 g/mol. The van der Waals surface area contributed by atoms with E-state index in [1.165, 1.54) is 6.33 Å². The number of hydrogen-bond donors (Lipinski definition) is 0. The lowest BCUT2D eigenvalue weighted by molar-refractivity contribution is -0.160. The number of fused-ring (bicyclic) bond motifs is 2. The maximum atomic E-state index is 6.25. The molecule has 2 fully saturated rings. The first-order valence-corrected chi connectivity index (χ1v) is 8.81. The topological polar surface area (TPSA) is 49.2 Å². The van der Waals surface area contributed by atoms with Crippen LogP contribution >= 0.6 is 11.6 Å². The van der Waals surface area contributed by atoms with E-state index in [1.54, 1.807) is 0 Å². The predicted octanol–water partition coefficient (Wildman–Crippen LogP) is 4.13. The summed E-state index contributed by atoms with van der Waals surface area (Å²) < 4.78 is 14.7. The van der Waals surface area contributed by atoms with Crippen LogP contribution in [0, 0.1) is 5.92 Å². The standard InChI is InChI=1S/C18H22ClN3O2/c1-4-5-6-11-9-13(15-14(11)23-18(2,3)24-15)22-8-7-12-16(19)20-10-21-17(12)22/h4,7-8,10-11,13-15H,1,5-6,9H2,2-3H3/t11-,13+,14+,15-/m0/s1. The SMILES string of the molecule is C=CCC[C@H]1C[C@@H](n2ccc3c(Cl)ncnc32)[C@@H]2OC(C)(C)O[C@H]12. The zero-order valence-electron chi connectivity index (χ0n) is 14.0. The molecule has 2 aliphatic rings. The third-order valence-corrected chi connectivity index (χ3v) is 5.41. The summed E-state index contributed by atoms with van der Waals surface area (Å²) in [6, 6.07) is 2.17. The van der Waals surface area contributed by atoms with Crippen molar-refractivity contribution in [1.82, 2.24) is 14.5 Å². The minimum atomic E-state index is -0.546. The summed E-state index contributed by atoms with van der Waals surface area (Å²) in [4.78, 5) is 8.51.